The van der Waals surface area contributed by atoms with Crippen molar-refractivity contribution in [1.29, 1.82) is 0 Å². The molecule has 0 unspecified atom stereocenters. The number of fused-ring (bicyclic) bond motifs is 1. The van der Waals surface area contributed by atoms with E-state index < -0.39 is 0 Å². The summed E-state index contributed by atoms with van der Waals surface area (Å²) in [5.41, 5.74) is 2.43. The first kappa shape index (κ1) is 19.0. The van der Waals surface area contributed by atoms with Gasteiger partial charge in [-0.2, -0.15) is 5.10 Å². The SMILES string of the molecule is CC(C)NC(=O)N1CCC(C(C)(C)Cc2cc(Cl)cc3cn[nH]c23)CC1. The summed E-state index contributed by atoms with van der Waals surface area (Å²) < 4.78 is 0. The number of aromatic amines is 1. The Morgan fingerprint density at radius 3 is 2.73 bits per heavy atom. The van der Waals surface area contributed by atoms with Crippen LogP contribution in [-0.4, -0.2) is 40.3 Å². The molecule has 1 fully saturated rings. The third-order valence-corrected chi connectivity index (χ3v) is 5.76. The minimum atomic E-state index is 0.0604. The van der Waals surface area contributed by atoms with Crippen LogP contribution in [0.4, 0.5) is 4.79 Å². The normalized spacial score (nSPS) is 16.5. The molecule has 0 bridgehead atoms. The van der Waals surface area contributed by atoms with Gasteiger partial charge in [-0.15, -0.1) is 0 Å². The Balaban J connectivity index is 1.67. The summed E-state index contributed by atoms with van der Waals surface area (Å²) in [6.07, 6.45) is 4.83. The summed E-state index contributed by atoms with van der Waals surface area (Å²) in [7, 11) is 0. The van der Waals surface area contributed by atoms with E-state index in [1.54, 1.807) is 0 Å². The van der Waals surface area contributed by atoms with Gasteiger partial charge < -0.3 is 10.2 Å². The monoisotopic (exact) mass is 376 g/mol. The zero-order chi connectivity index (χ0) is 18.9. The van der Waals surface area contributed by atoms with Crippen LogP contribution in [0.25, 0.3) is 10.9 Å². The molecule has 2 aromatic rings. The molecule has 0 radical (unpaired) electrons. The van der Waals surface area contributed by atoms with Gasteiger partial charge in [0, 0.05) is 29.5 Å². The van der Waals surface area contributed by atoms with Crippen LogP contribution in [0.3, 0.4) is 0 Å². The van der Waals surface area contributed by atoms with Gasteiger partial charge in [-0.3, -0.25) is 5.10 Å². The van der Waals surface area contributed by atoms with E-state index in [-0.39, 0.29) is 17.5 Å². The maximum Gasteiger partial charge on any atom is 0.317 e. The van der Waals surface area contributed by atoms with Gasteiger partial charge in [0.1, 0.15) is 0 Å². The lowest BCUT2D eigenvalue weighted by atomic mass is 9.70. The number of halogens is 1. The summed E-state index contributed by atoms with van der Waals surface area (Å²) in [6, 6.07) is 4.24. The fourth-order valence-electron chi connectivity index (χ4n) is 4.07. The van der Waals surface area contributed by atoms with Gasteiger partial charge in [0.15, 0.2) is 0 Å². The number of likely N-dealkylation sites (tertiary alicyclic amines) is 1. The van der Waals surface area contributed by atoms with Crippen LogP contribution >= 0.6 is 11.6 Å². The number of aromatic nitrogens is 2. The van der Waals surface area contributed by atoms with E-state index >= 15 is 0 Å². The van der Waals surface area contributed by atoms with Gasteiger partial charge in [-0.05, 0) is 62.1 Å². The number of urea groups is 1. The van der Waals surface area contributed by atoms with Crippen molar-refractivity contribution in [2.45, 2.75) is 53.0 Å². The van der Waals surface area contributed by atoms with Crippen LogP contribution in [0.15, 0.2) is 18.3 Å². The number of benzene rings is 1. The number of piperidine rings is 1. The minimum absolute atomic E-state index is 0.0604. The van der Waals surface area contributed by atoms with Gasteiger partial charge in [0.05, 0.1) is 11.7 Å². The smallest absolute Gasteiger partial charge is 0.317 e. The molecule has 1 aromatic heterocycles. The van der Waals surface area contributed by atoms with Crippen LogP contribution in [0.2, 0.25) is 5.02 Å². The molecule has 0 atom stereocenters. The molecule has 0 saturated carbocycles. The molecule has 1 saturated heterocycles. The summed E-state index contributed by atoms with van der Waals surface area (Å²) in [6.45, 7) is 10.3. The molecule has 6 heteroatoms. The van der Waals surface area contributed by atoms with Crippen molar-refractivity contribution in [2.75, 3.05) is 13.1 Å². The van der Waals surface area contributed by atoms with Gasteiger partial charge in [0.2, 0.25) is 0 Å². The molecule has 2 heterocycles. The van der Waals surface area contributed by atoms with Crippen molar-refractivity contribution in [2.24, 2.45) is 11.3 Å². The quantitative estimate of drug-likeness (QED) is 0.818. The van der Waals surface area contributed by atoms with E-state index in [0.29, 0.717) is 5.92 Å². The molecule has 0 aliphatic carbocycles. The van der Waals surface area contributed by atoms with Gasteiger partial charge in [-0.1, -0.05) is 25.4 Å². The largest absolute Gasteiger partial charge is 0.336 e. The fourth-order valence-corrected chi connectivity index (χ4v) is 4.32. The van der Waals surface area contributed by atoms with E-state index in [2.05, 4.69) is 35.4 Å². The van der Waals surface area contributed by atoms with E-state index in [1.807, 2.05) is 31.0 Å². The van der Waals surface area contributed by atoms with Crippen LogP contribution in [0.5, 0.6) is 0 Å². The molecular weight excluding hydrogens is 348 g/mol. The first-order valence-corrected chi connectivity index (χ1v) is 9.81. The third kappa shape index (κ3) is 4.14. The van der Waals surface area contributed by atoms with Crippen molar-refractivity contribution in [1.82, 2.24) is 20.4 Å². The van der Waals surface area contributed by atoms with Crippen LogP contribution in [0.1, 0.15) is 46.1 Å². The highest BCUT2D eigenvalue weighted by molar-refractivity contribution is 6.31. The summed E-state index contributed by atoms with van der Waals surface area (Å²) in [4.78, 5) is 14.1. The summed E-state index contributed by atoms with van der Waals surface area (Å²) in [5, 5.41) is 12.1. The van der Waals surface area contributed by atoms with Gasteiger partial charge >= 0.3 is 6.03 Å². The lowest BCUT2D eigenvalue weighted by molar-refractivity contribution is 0.110. The highest BCUT2D eigenvalue weighted by Crippen LogP contribution is 2.39. The second-order valence-corrected chi connectivity index (χ2v) is 8.87. The number of nitrogens with zero attached hydrogens (tertiary/aromatic N) is 2. The average Bonchev–Trinajstić information content (AvgIpc) is 3.02. The van der Waals surface area contributed by atoms with Crippen molar-refractivity contribution >= 4 is 28.5 Å². The van der Waals surface area contributed by atoms with Gasteiger partial charge in [-0.25, -0.2) is 4.79 Å². The first-order chi connectivity index (χ1) is 12.3. The second-order valence-electron chi connectivity index (χ2n) is 8.43. The minimum Gasteiger partial charge on any atom is -0.336 e. The number of nitrogens with one attached hydrogen (secondary N) is 2. The molecule has 26 heavy (non-hydrogen) atoms. The predicted octanol–water partition coefficient (Wildman–Crippen LogP) is 4.62. The number of rotatable bonds is 4. The molecule has 2 amide bonds. The Morgan fingerprint density at radius 1 is 1.38 bits per heavy atom. The molecular formula is C20H29ClN4O. The standard InChI is InChI=1S/C20H29ClN4O/c1-13(2)23-19(26)25-7-5-16(6-8-25)20(3,4)11-14-9-17(21)10-15-12-22-24-18(14)15/h9-10,12-13,16H,5-8,11H2,1-4H3,(H,22,24)(H,23,26). The molecule has 1 aliphatic heterocycles. The van der Waals surface area contributed by atoms with E-state index in [9.17, 15) is 4.79 Å². The zero-order valence-corrected chi connectivity index (χ0v) is 16.9. The number of carbonyl (C=O) groups excluding carboxylic acids is 1. The first-order valence-electron chi connectivity index (χ1n) is 9.43. The Bertz CT molecular complexity index is 775. The second kappa shape index (κ2) is 7.47. The fraction of sp³-hybridized carbons (Fsp3) is 0.600. The number of H-pyrrole nitrogens is 1. The molecule has 3 rings (SSSR count). The molecule has 1 aliphatic rings. The summed E-state index contributed by atoms with van der Waals surface area (Å²) >= 11 is 6.30. The molecule has 0 spiro atoms. The number of hydrogen-bond donors (Lipinski definition) is 2. The summed E-state index contributed by atoms with van der Waals surface area (Å²) in [5.74, 6) is 0.572. The predicted molar refractivity (Wildman–Crippen MR) is 107 cm³/mol. The lowest BCUT2D eigenvalue weighted by Crippen LogP contribution is -2.48. The maximum absolute atomic E-state index is 12.2. The topological polar surface area (TPSA) is 61.0 Å². The highest BCUT2D eigenvalue weighted by atomic mass is 35.5. The molecule has 5 nitrogen and oxygen atoms in total. The van der Waals surface area contributed by atoms with Gasteiger partial charge in [0.25, 0.3) is 0 Å². The molecule has 1 aromatic carbocycles. The third-order valence-electron chi connectivity index (χ3n) is 5.54. The van der Waals surface area contributed by atoms with Crippen molar-refractivity contribution in [3.05, 3.63) is 28.9 Å². The van der Waals surface area contributed by atoms with Crippen LogP contribution in [0, 0.1) is 11.3 Å². The Hall–Kier alpha value is -1.75. The average molecular weight is 377 g/mol. The Kier molecular flexibility index (Phi) is 5.47. The number of amides is 2. The highest BCUT2D eigenvalue weighted by Gasteiger charge is 2.34. The Morgan fingerprint density at radius 2 is 2.08 bits per heavy atom. The maximum atomic E-state index is 12.2. The van der Waals surface area contributed by atoms with E-state index in [1.165, 1.54) is 5.56 Å². The Labute approximate surface area is 160 Å². The zero-order valence-electron chi connectivity index (χ0n) is 16.1. The number of carbonyl (C=O) groups is 1. The van der Waals surface area contributed by atoms with E-state index in [4.69, 9.17) is 11.6 Å². The van der Waals surface area contributed by atoms with Crippen molar-refractivity contribution in [3.8, 4) is 0 Å². The van der Waals surface area contributed by atoms with E-state index in [0.717, 1.165) is 48.3 Å². The molecule has 142 valence electrons. The lowest BCUT2D eigenvalue weighted by Gasteiger charge is -2.41. The number of hydrogen-bond acceptors (Lipinski definition) is 2. The van der Waals surface area contributed by atoms with Crippen molar-refractivity contribution in [3.63, 3.8) is 0 Å². The van der Waals surface area contributed by atoms with Crippen molar-refractivity contribution < 1.29 is 4.79 Å². The van der Waals surface area contributed by atoms with Crippen LogP contribution < -0.4 is 5.32 Å². The van der Waals surface area contributed by atoms with Crippen LogP contribution in [-0.2, 0) is 6.42 Å². The molecule has 2 N–H and O–H groups in total.